The van der Waals surface area contributed by atoms with E-state index in [-0.39, 0.29) is 24.3 Å². The number of nitrogens with zero attached hydrogens (tertiary/aromatic N) is 1. The molecule has 1 amide bonds. The molecular weight excluding hydrogens is 345 g/mol. The van der Waals surface area contributed by atoms with Crippen molar-refractivity contribution in [3.8, 4) is 5.88 Å². The SMILES string of the molecule is C[C@@H]1CNCC[C@@H]1Oc1cccc(NC(=O)C2=CC=C(F)CC2Cl)n1. The number of hydrogen-bond acceptors (Lipinski definition) is 4. The van der Waals surface area contributed by atoms with Gasteiger partial charge in [0, 0.05) is 30.5 Å². The summed E-state index contributed by atoms with van der Waals surface area (Å²) in [5.74, 6) is 0.524. The number of ether oxygens (including phenoxy) is 1. The van der Waals surface area contributed by atoms with Gasteiger partial charge in [0.15, 0.2) is 0 Å². The maximum Gasteiger partial charge on any atom is 0.254 e. The van der Waals surface area contributed by atoms with Gasteiger partial charge in [0.1, 0.15) is 17.7 Å². The predicted molar refractivity (Wildman–Crippen MR) is 95.5 cm³/mol. The number of hydrogen-bond donors (Lipinski definition) is 2. The van der Waals surface area contributed by atoms with Crippen LogP contribution in [0.4, 0.5) is 10.2 Å². The quantitative estimate of drug-likeness (QED) is 0.804. The van der Waals surface area contributed by atoms with Gasteiger partial charge in [-0.15, -0.1) is 11.6 Å². The second-order valence-electron chi connectivity index (χ2n) is 6.35. The molecule has 1 fully saturated rings. The third-order valence-electron chi connectivity index (χ3n) is 4.36. The predicted octanol–water partition coefficient (Wildman–Crippen LogP) is 3.19. The molecule has 1 unspecified atom stereocenters. The average molecular weight is 366 g/mol. The molecule has 7 heteroatoms. The number of nitrogens with one attached hydrogen (secondary N) is 2. The lowest BCUT2D eigenvalue weighted by Gasteiger charge is -2.29. The third kappa shape index (κ3) is 4.58. The largest absolute Gasteiger partial charge is 0.474 e. The summed E-state index contributed by atoms with van der Waals surface area (Å²) in [4.78, 5) is 16.7. The van der Waals surface area contributed by atoms with Crippen LogP contribution in [-0.4, -0.2) is 35.5 Å². The van der Waals surface area contributed by atoms with E-state index in [1.165, 1.54) is 12.2 Å². The van der Waals surface area contributed by atoms with E-state index in [2.05, 4.69) is 22.5 Å². The maximum absolute atomic E-state index is 13.2. The van der Waals surface area contributed by atoms with Crippen LogP contribution >= 0.6 is 11.6 Å². The molecule has 2 heterocycles. The minimum Gasteiger partial charge on any atom is -0.474 e. The van der Waals surface area contributed by atoms with E-state index in [9.17, 15) is 9.18 Å². The van der Waals surface area contributed by atoms with Crippen LogP contribution in [0.5, 0.6) is 5.88 Å². The Morgan fingerprint density at radius 3 is 3.04 bits per heavy atom. The number of allylic oxidation sites excluding steroid dienone is 3. The molecule has 2 N–H and O–H groups in total. The van der Waals surface area contributed by atoms with E-state index in [0.717, 1.165) is 19.5 Å². The van der Waals surface area contributed by atoms with Crippen molar-refractivity contribution in [3.05, 3.63) is 41.8 Å². The van der Waals surface area contributed by atoms with Gasteiger partial charge in [-0.25, -0.2) is 4.39 Å². The average Bonchev–Trinajstić information content (AvgIpc) is 2.57. The fourth-order valence-electron chi connectivity index (χ4n) is 2.91. The number of halogens is 2. The van der Waals surface area contributed by atoms with Crippen LogP contribution < -0.4 is 15.4 Å². The maximum atomic E-state index is 13.2. The summed E-state index contributed by atoms with van der Waals surface area (Å²) in [5, 5.41) is 5.34. The lowest BCUT2D eigenvalue weighted by Crippen LogP contribution is -2.41. The Morgan fingerprint density at radius 1 is 1.44 bits per heavy atom. The monoisotopic (exact) mass is 365 g/mol. The molecule has 25 heavy (non-hydrogen) atoms. The van der Waals surface area contributed by atoms with Crippen molar-refractivity contribution in [2.24, 2.45) is 5.92 Å². The van der Waals surface area contributed by atoms with Crippen molar-refractivity contribution >= 4 is 23.3 Å². The van der Waals surface area contributed by atoms with Crippen LogP contribution in [-0.2, 0) is 4.79 Å². The Labute approximate surface area is 151 Å². The summed E-state index contributed by atoms with van der Waals surface area (Å²) in [6.45, 7) is 3.96. The Balaban J connectivity index is 1.66. The number of pyridine rings is 1. The van der Waals surface area contributed by atoms with Crippen molar-refractivity contribution in [1.29, 1.82) is 0 Å². The molecule has 5 nitrogen and oxygen atoms in total. The standard InChI is InChI=1S/C18H21ClFN3O2/c1-11-10-21-8-7-15(11)25-17-4-2-3-16(22-17)23-18(24)13-6-5-12(20)9-14(13)19/h2-6,11,14-15,21H,7-10H2,1H3,(H,22,23,24)/t11-,14?,15+/m1/s1. The summed E-state index contributed by atoms with van der Waals surface area (Å²) in [6, 6.07) is 5.23. The summed E-state index contributed by atoms with van der Waals surface area (Å²) in [7, 11) is 0. The molecule has 2 aliphatic rings. The molecule has 1 aromatic heterocycles. The van der Waals surface area contributed by atoms with E-state index in [1.54, 1.807) is 18.2 Å². The fourth-order valence-corrected chi connectivity index (χ4v) is 3.23. The van der Waals surface area contributed by atoms with Crippen LogP contribution in [0.3, 0.4) is 0 Å². The highest BCUT2D eigenvalue weighted by molar-refractivity contribution is 6.27. The lowest BCUT2D eigenvalue weighted by atomic mass is 9.98. The van der Waals surface area contributed by atoms with Crippen molar-refractivity contribution in [2.75, 3.05) is 18.4 Å². The Morgan fingerprint density at radius 2 is 2.28 bits per heavy atom. The third-order valence-corrected chi connectivity index (χ3v) is 4.75. The number of aromatic nitrogens is 1. The summed E-state index contributed by atoms with van der Waals surface area (Å²) in [6.07, 6.45) is 3.70. The summed E-state index contributed by atoms with van der Waals surface area (Å²) < 4.78 is 19.1. The summed E-state index contributed by atoms with van der Waals surface area (Å²) >= 11 is 6.05. The number of carbonyl (C=O) groups is 1. The molecular formula is C18H21ClFN3O2. The van der Waals surface area contributed by atoms with Gasteiger partial charge < -0.3 is 15.4 Å². The zero-order valence-corrected chi connectivity index (χ0v) is 14.7. The number of carbonyl (C=O) groups excluding carboxylic acids is 1. The van der Waals surface area contributed by atoms with Gasteiger partial charge >= 0.3 is 0 Å². The molecule has 3 atom stereocenters. The minimum atomic E-state index is -0.681. The van der Waals surface area contributed by atoms with Crippen LogP contribution in [0.1, 0.15) is 19.8 Å². The number of alkyl halides is 1. The highest BCUT2D eigenvalue weighted by Gasteiger charge is 2.24. The second kappa shape index (κ2) is 7.97. The molecule has 1 aliphatic heterocycles. The highest BCUT2D eigenvalue weighted by atomic mass is 35.5. The van der Waals surface area contributed by atoms with E-state index in [1.807, 2.05) is 0 Å². The van der Waals surface area contributed by atoms with Gasteiger partial charge in [0.2, 0.25) is 5.88 Å². The first-order chi connectivity index (χ1) is 12.0. The molecule has 0 radical (unpaired) electrons. The number of anilines is 1. The molecule has 1 aromatic rings. The Bertz CT molecular complexity index is 707. The van der Waals surface area contributed by atoms with Crippen LogP contribution in [0.2, 0.25) is 0 Å². The number of rotatable bonds is 4. The van der Waals surface area contributed by atoms with Gasteiger partial charge in [-0.05, 0) is 31.2 Å². The van der Waals surface area contributed by atoms with Crippen molar-refractivity contribution in [2.45, 2.75) is 31.2 Å². The lowest BCUT2D eigenvalue weighted by molar-refractivity contribution is -0.113. The van der Waals surface area contributed by atoms with Crippen LogP contribution in [0.15, 0.2) is 41.8 Å². The van der Waals surface area contributed by atoms with Crippen molar-refractivity contribution in [3.63, 3.8) is 0 Å². The van der Waals surface area contributed by atoms with Gasteiger partial charge in [-0.2, -0.15) is 4.98 Å². The molecule has 0 spiro atoms. The first-order valence-electron chi connectivity index (χ1n) is 8.39. The molecule has 1 saturated heterocycles. The fraction of sp³-hybridized carbons (Fsp3) is 0.444. The molecule has 134 valence electrons. The van der Waals surface area contributed by atoms with Gasteiger partial charge in [0.25, 0.3) is 5.91 Å². The van der Waals surface area contributed by atoms with Gasteiger partial charge in [-0.3, -0.25) is 4.79 Å². The molecule has 0 aromatic carbocycles. The van der Waals surface area contributed by atoms with E-state index in [0.29, 0.717) is 23.2 Å². The van der Waals surface area contributed by atoms with Gasteiger partial charge in [-0.1, -0.05) is 13.0 Å². The van der Waals surface area contributed by atoms with E-state index < -0.39 is 5.38 Å². The summed E-state index contributed by atoms with van der Waals surface area (Å²) in [5.41, 5.74) is 0.322. The molecule has 3 rings (SSSR count). The Hall–Kier alpha value is -1.92. The second-order valence-corrected chi connectivity index (χ2v) is 6.88. The van der Waals surface area contributed by atoms with Crippen molar-refractivity contribution in [1.82, 2.24) is 10.3 Å². The van der Waals surface area contributed by atoms with Crippen LogP contribution in [0, 0.1) is 5.92 Å². The highest BCUT2D eigenvalue weighted by Crippen LogP contribution is 2.26. The van der Waals surface area contributed by atoms with Gasteiger partial charge in [0.05, 0.1) is 5.38 Å². The van der Waals surface area contributed by atoms with Crippen LogP contribution in [0.25, 0.3) is 0 Å². The first kappa shape index (κ1) is 17.9. The van der Waals surface area contributed by atoms with E-state index in [4.69, 9.17) is 16.3 Å². The zero-order valence-electron chi connectivity index (χ0n) is 14.0. The molecule has 0 saturated carbocycles. The zero-order chi connectivity index (χ0) is 17.8. The normalized spacial score (nSPS) is 26.4. The Kier molecular flexibility index (Phi) is 5.71. The van der Waals surface area contributed by atoms with E-state index >= 15 is 0 Å². The molecule has 1 aliphatic carbocycles. The molecule has 0 bridgehead atoms. The van der Waals surface area contributed by atoms with Crippen molar-refractivity contribution < 1.29 is 13.9 Å². The first-order valence-corrected chi connectivity index (χ1v) is 8.82. The number of amides is 1. The minimum absolute atomic E-state index is 0.0188. The smallest absolute Gasteiger partial charge is 0.254 e. The number of piperidine rings is 1. The topological polar surface area (TPSA) is 63.2 Å².